The number of morpholine rings is 1. The Hall–Kier alpha value is -3.86. The van der Waals surface area contributed by atoms with E-state index in [1.54, 1.807) is 30.7 Å². The standard InChI is InChI=1S/C24H27FN8O2/c1-16(17-2-4-19(25)5-3-17)28-24-30-20(29-21-13-26-6-7-27-21)12-22(31-24)33-14-18(15-33)23(34)32-8-10-35-11-9-32/h2-7,12-13,16,18H,8-11,14-15H2,1H3,(H2,27,28,29,30,31)/t16-/m0/s1. The Kier molecular flexibility index (Phi) is 6.66. The first-order valence-corrected chi connectivity index (χ1v) is 11.6. The van der Waals surface area contributed by atoms with E-state index in [4.69, 9.17) is 9.72 Å². The van der Waals surface area contributed by atoms with Gasteiger partial charge in [-0.2, -0.15) is 9.97 Å². The number of nitrogens with zero attached hydrogens (tertiary/aromatic N) is 6. The molecule has 3 aromatic rings. The van der Waals surface area contributed by atoms with Crippen LogP contribution in [0.1, 0.15) is 18.5 Å². The quantitative estimate of drug-likeness (QED) is 0.530. The maximum absolute atomic E-state index is 13.3. The molecule has 2 aliphatic rings. The number of hydrogen-bond donors (Lipinski definition) is 2. The number of halogens is 1. The van der Waals surface area contributed by atoms with Gasteiger partial charge >= 0.3 is 0 Å². The molecule has 1 amide bonds. The number of nitrogens with one attached hydrogen (secondary N) is 2. The Balaban J connectivity index is 1.33. The number of hydrogen-bond acceptors (Lipinski definition) is 9. The largest absolute Gasteiger partial charge is 0.378 e. The highest BCUT2D eigenvalue weighted by molar-refractivity contribution is 5.82. The van der Waals surface area contributed by atoms with Crippen LogP contribution in [0.2, 0.25) is 0 Å². The van der Waals surface area contributed by atoms with E-state index in [0.717, 1.165) is 5.56 Å². The van der Waals surface area contributed by atoms with Gasteiger partial charge in [0.25, 0.3) is 0 Å². The van der Waals surface area contributed by atoms with Gasteiger partial charge in [0, 0.05) is 44.6 Å². The van der Waals surface area contributed by atoms with Crippen LogP contribution in [0.25, 0.3) is 0 Å². The molecular formula is C24H27FN8O2. The van der Waals surface area contributed by atoms with Crippen molar-refractivity contribution >= 4 is 29.3 Å². The van der Waals surface area contributed by atoms with Crippen LogP contribution in [0.15, 0.2) is 48.9 Å². The minimum atomic E-state index is -0.284. The van der Waals surface area contributed by atoms with E-state index in [1.807, 2.05) is 17.9 Å². The molecule has 2 aromatic heterocycles. The van der Waals surface area contributed by atoms with Crippen LogP contribution >= 0.6 is 0 Å². The lowest BCUT2D eigenvalue weighted by molar-refractivity contribution is -0.140. The molecule has 5 rings (SSSR count). The molecule has 0 spiro atoms. The van der Waals surface area contributed by atoms with Gasteiger partial charge in [-0.05, 0) is 24.6 Å². The number of anilines is 4. The molecule has 4 heterocycles. The molecule has 0 aliphatic carbocycles. The molecule has 0 radical (unpaired) electrons. The predicted molar refractivity (Wildman–Crippen MR) is 129 cm³/mol. The highest BCUT2D eigenvalue weighted by atomic mass is 19.1. The van der Waals surface area contributed by atoms with Crippen molar-refractivity contribution in [3.05, 3.63) is 60.3 Å². The van der Waals surface area contributed by atoms with Crippen LogP contribution in [0.4, 0.5) is 27.8 Å². The van der Waals surface area contributed by atoms with E-state index in [1.165, 1.54) is 12.1 Å². The number of carbonyl (C=O) groups excluding carboxylic acids is 1. The molecule has 182 valence electrons. The second kappa shape index (κ2) is 10.2. The number of amides is 1. The third-order valence-electron chi connectivity index (χ3n) is 6.13. The molecule has 11 heteroatoms. The van der Waals surface area contributed by atoms with Gasteiger partial charge in [-0.3, -0.25) is 9.78 Å². The Morgan fingerprint density at radius 1 is 1.11 bits per heavy atom. The first-order valence-electron chi connectivity index (χ1n) is 11.6. The maximum Gasteiger partial charge on any atom is 0.229 e. The number of carbonyl (C=O) groups is 1. The molecule has 1 atom stereocenters. The zero-order valence-corrected chi connectivity index (χ0v) is 19.4. The summed E-state index contributed by atoms with van der Waals surface area (Å²) in [4.78, 5) is 34.4. The minimum absolute atomic E-state index is 0.0611. The van der Waals surface area contributed by atoms with Gasteiger partial charge in [-0.15, -0.1) is 0 Å². The summed E-state index contributed by atoms with van der Waals surface area (Å²) in [7, 11) is 0. The van der Waals surface area contributed by atoms with Crippen LogP contribution in [0.5, 0.6) is 0 Å². The SMILES string of the molecule is C[C@H](Nc1nc(Nc2cnccn2)cc(N2CC(C(=O)N3CCOCC3)C2)n1)c1ccc(F)cc1. The van der Waals surface area contributed by atoms with Gasteiger partial charge in [0.2, 0.25) is 11.9 Å². The summed E-state index contributed by atoms with van der Waals surface area (Å²) in [5, 5.41) is 6.46. The molecule has 0 unspecified atom stereocenters. The van der Waals surface area contributed by atoms with E-state index in [0.29, 0.717) is 62.8 Å². The molecule has 2 fully saturated rings. The molecule has 1 aromatic carbocycles. The fraction of sp³-hybridized carbons (Fsp3) is 0.375. The van der Waals surface area contributed by atoms with Gasteiger partial charge in [-0.25, -0.2) is 9.37 Å². The van der Waals surface area contributed by atoms with Gasteiger partial charge in [0.15, 0.2) is 0 Å². The van der Waals surface area contributed by atoms with Crippen molar-refractivity contribution in [1.82, 2.24) is 24.8 Å². The summed E-state index contributed by atoms with van der Waals surface area (Å²) in [5.74, 6) is 2.04. The second-order valence-electron chi connectivity index (χ2n) is 8.61. The normalized spacial score (nSPS) is 17.0. The average molecular weight is 479 g/mol. The van der Waals surface area contributed by atoms with Crippen LogP contribution in [-0.4, -0.2) is 70.1 Å². The van der Waals surface area contributed by atoms with E-state index in [2.05, 4.69) is 30.5 Å². The maximum atomic E-state index is 13.3. The van der Waals surface area contributed by atoms with Crippen molar-refractivity contribution in [2.45, 2.75) is 13.0 Å². The lowest BCUT2D eigenvalue weighted by Gasteiger charge is -2.42. The van der Waals surface area contributed by atoms with Gasteiger partial charge < -0.3 is 25.2 Å². The lowest BCUT2D eigenvalue weighted by Crippen LogP contribution is -2.56. The van der Waals surface area contributed by atoms with Crippen molar-refractivity contribution in [2.24, 2.45) is 5.92 Å². The highest BCUT2D eigenvalue weighted by Crippen LogP contribution is 2.29. The zero-order chi connectivity index (χ0) is 24.2. The molecule has 2 saturated heterocycles. The number of rotatable bonds is 7. The van der Waals surface area contributed by atoms with E-state index < -0.39 is 0 Å². The van der Waals surface area contributed by atoms with Crippen molar-refractivity contribution < 1.29 is 13.9 Å². The fourth-order valence-corrected chi connectivity index (χ4v) is 4.11. The fourth-order valence-electron chi connectivity index (χ4n) is 4.11. The molecule has 2 aliphatic heterocycles. The van der Waals surface area contributed by atoms with Crippen LogP contribution in [0.3, 0.4) is 0 Å². The number of ether oxygens (including phenoxy) is 1. The molecule has 0 bridgehead atoms. The molecule has 0 saturated carbocycles. The Labute approximate surface area is 202 Å². The first kappa shape index (κ1) is 22.9. The summed E-state index contributed by atoms with van der Waals surface area (Å²) >= 11 is 0. The monoisotopic (exact) mass is 478 g/mol. The third kappa shape index (κ3) is 5.46. The summed E-state index contributed by atoms with van der Waals surface area (Å²) in [6.45, 7) is 5.60. The number of benzene rings is 1. The van der Waals surface area contributed by atoms with Crippen LogP contribution in [0, 0.1) is 11.7 Å². The van der Waals surface area contributed by atoms with E-state index >= 15 is 0 Å². The van der Waals surface area contributed by atoms with Crippen molar-refractivity contribution in [3.8, 4) is 0 Å². The van der Waals surface area contributed by atoms with Crippen molar-refractivity contribution in [1.29, 1.82) is 0 Å². The van der Waals surface area contributed by atoms with Crippen LogP contribution in [-0.2, 0) is 9.53 Å². The summed E-state index contributed by atoms with van der Waals surface area (Å²) in [5.41, 5.74) is 0.906. The highest BCUT2D eigenvalue weighted by Gasteiger charge is 2.37. The third-order valence-corrected chi connectivity index (χ3v) is 6.13. The summed E-state index contributed by atoms with van der Waals surface area (Å²) in [6.07, 6.45) is 4.80. The number of aromatic nitrogens is 4. The topological polar surface area (TPSA) is 108 Å². The minimum Gasteiger partial charge on any atom is -0.378 e. The lowest BCUT2D eigenvalue weighted by atomic mass is 9.98. The van der Waals surface area contributed by atoms with E-state index in [-0.39, 0.29) is 23.7 Å². The Morgan fingerprint density at radius 2 is 1.89 bits per heavy atom. The smallest absolute Gasteiger partial charge is 0.229 e. The average Bonchev–Trinajstić information content (AvgIpc) is 2.84. The summed E-state index contributed by atoms with van der Waals surface area (Å²) < 4.78 is 18.7. The van der Waals surface area contributed by atoms with E-state index in [9.17, 15) is 9.18 Å². The first-order chi connectivity index (χ1) is 17.0. The molecule has 35 heavy (non-hydrogen) atoms. The second-order valence-corrected chi connectivity index (χ2v) is 8.61. The van der Waals surface area contributed by atoms with Crippen molar-refractivity contribution in [2.75, 3.05) is 54.9 Å². The molecular weight excluding hydrogens is 451 g/mol. The predicted octanol–water partition coefficient (Wildman–Crippen LogP) is 2.62. The van der Waals surface area contributed by atoms with Gasteiger partial charge in [-0.1, -0.05) is 12.1 Å². The zero-order valence-electron chi connectivity index (χ0n) is 19.4. The Morgan fingerprint density at radius 3 is 2.60 bits per heavy atom. The Bertz CT molecular complexity index is 1150. The van der Waals surface area contributed by atoms with Gasteiger partial charge in [0.05, 0.1) is 31.4 Å². The molecule has 10 nitrogen and oxygen atoms in total. The van der Waals surface area contributed by atoms with Gasteiger partial charge in [0.1, 0.15) is 23.3 Å². The summed E-state index contributed by atoms with van der Waals surface area (Å²) in [6, 6.07) is 7.99. The van der Waals surface area contributed by atoms with Crippen molar-refractivity contribution in [3.63, 3.8) is 0 Å². The molecule has 2 N–H and O–H groups in total. The van der Waals surface area contributed by atoms with Crippen LogP contribution < -0.4 is 15.5 Å².